The van der Waals surface area contributed by atoms with E-state index >= 15 is 0 Å². The van der Waals surface area contributed by atoms with Crippen molar-refractivity contribution in [1.29, 1.82) is 0 Å². The lowest BCUT2D eigenvalue weighted by atomic mass is 10.2. The molecule has 0 radical (unpaired) electrons. The summed E-state index contributed by atoms with van der Waals surface area (Å²) in [6.45, 7) is 0. The maximum Gasteiger partial charge on any atom is 0.511 e. The Labute approximate surface area is 171 Å². The predicted octanol–water partition coefficient (Wildman–Crippen LogP) is 2.66. The van der Waals surface area contributed by atoms with E-state index in [2.05, 4.69) is 42.1 Å². The molecule has 1 aromatic heterocycles. The number of amides is 2. The minimum Gasteiger partial charge on any atom is -0.711 e. The number of aromatic nitrogens is 2. The number of nitrogens with one attached hydrogen (secondary N) is 4. The molecule has 4 N–H and O–H groups in total. The van der Waals surface area contributed by atoms with E-state index in [0.717, 1.165) is 0 Å². The van der Waals surface area contributed by atoms with Crippen LogP contribution in [0.2, 0.25) is 5.02 Å². The van der Waals surface area contributed by atoms with Crippen LogP contribution in [0, 0.1) is 5.21 Å². The lowest BCUT2D eigenvalue weighted by Gasteiger charge is -2.06. The highest BCUT2D eigenvalue weighted by atomic mass is 79.9. The zero-order valence-corrected chi connectivity index (χ0v) is 16.2. The molecule has 0 saturated heterocycles. The fourth-order valence-electron chi connectivity index (χ4n) is 2.05. The van der Waals surface area contributed by atoms with E-state index in [1.165, 1.54) is 24.7 Å². The lowest BCUT2D eigenvalue weighted by Crippen LogP contribution is -2.35. The molecule has 12 heteroatoms. The molecule has 1 aliphatic heterocycles. The molecule has 0 unspecified atom stereocenters. The van der Waals surface area contributed by atoms with Gasteiger partial charge in [-0.15, -0.1) is 5.10 Å². The molecule has 2 amide bonds. The van der Waals surface area contributed by atoms with Crippen LogP contribution in [0.1, 0.15) is 10.4 Å². The number of halogens is 2. The fraction of sp³-hybridized carbons (Fsp3) is 0. The maximum atomic E-state index is 12.3. The highest BCUT2D eigenvalue weighted by molar-refractivity contribution is 9.10. The largest absolute Gasteiger partial charge is 0.711 e. The van der Waals surface area contributed by atoms with Gasteiger partial charge in [0.2, 0.25) is 0 Å². The number of benzene rings is 1. The molecule has 10 nitrogen and oxygen atoms in total. The summed E-state index contributed by atoms with van der Waals surface area (Å²) in [6, 6.07) is 6.51. The molecule has 0 spiro atoms. The third-order valence-electron chi connectivity index (χ3n) is 3.33. The molecule has 2 heterocycles. The SMILES string of the molecule is O=C(NC1=[N+]([O-])C=CNC=C1)Oc1n[nH]c(NC(=O)c2ccccc2Cl)c1Br. The lowest BCUT2D eigenvalue weighted by molar-refractivity contribution is -0.379. The number of anilines is 1. The summed E-state index contributed by atoms with van der Waals surface area (Å²) >= 11 is 9.18. The number of amidine groups is 1. The molecule has 0 saturated carbocycles. The summed E-state index contributed by atoms with van der Waals surface area (Å²) < 4.78 is 5.68. The van der Waals surface area contributed by atoms with Gasteiger partial charge in [-0.3, -0.25) is 9.89 Å². The molecule has 0 aliphatic carbocycles. The van der Waals surface area contributed by atoms with E-state index < -0.39 is 12.0 Å². The van der Waals surface area contributed by atoms with Crippen molar-refractivity contribution in [2.75, 3.05) is 5.32 Å². The molecule has 144 valence electrons. The van der Waals surface area contributed by atoms with Crippen LogP contribution in [0.3, 0.4) is 0 Å². The number of carbonyl (C=O) groups is 2. The van der Waals surface area contributed by atoms with Crippen molar-refractivity contribution >= 4 is 51.2 Å². The van der Waals surface area contributed by atoms with Crippen molar-refractivity contribution in [2.45, 2.75) is 0 Å². The standard InChI is InChI=1S/C16H12BrClN6O4/c17-12-13(21-14(25)9-3-1-2-4-10(9)18)22-23-15(12)28-16(26)20-11-5-6-19-7-8-24(11)27/h1-8,19H,(H,20,26)(H2,21,22,23,25). The number of nitrogens with zero attached hydrogens (tertiary/aromatic N) is 2. The van der Waals surface area contributed by atoms with Gasteiger partial charge in [-0.1, -0.05) is 23.7 Å². The van der Waals surface area contributed by atoms with Gasteiger partial charge in [-0.05, 0) is 28.1 Å². The Morgan fingerprint density at radius 2 is 2.04 bits per heavy atom. The molecular formula is C16H12BrClN6O4. The average molecular weight is 468 g/mol. The molecule has 0 bridgehead atoms. The van der Waals surface area contributed by atoms with Crippen molar-refractivity contribution in [3.05, 3.63) is 69.2 Å². The van der Waals surface area contributed by atoms with Gasteiger partial charge >= 0.3 is 6.09 Å². The quantitative estimate of drug-likeness (QED) is 0.405. The van der Waals surface area contributed by atoms with Crippen molar-refractivity contribution in [2.24, 2.45) is 0 Å². The third-order valence-corrected chi connectivity index (χ3v) is 4.40. The van der Waals surface area contributed by atoms with Crippen LogP contribution >= 0.6 is 27.5 Å². The van der Waals surface area contributed by atoms with Gasteiger partial charge in [0.15, 0.2) is 0 Å². The third kappa shape index (κ3) is 4.50. The van der Waals surface area contributed by atoms with Gasteiger partial charge in [0.05, 0.1) is 10.6 Å². The summed E-state index contributed by atoms with van der Waals surface area (Å²) in [4.78, 5) is 24.3. The monoisotopic (exact) mass is 466 g/mol. The maximum absolute atomic E-state index is 12.3. The second-order valence-corrected chi connectivity index (χ2v) is 6.39. The summed E-state index contributed by atoms with van der Waals surface area (Å²) in [5.74, 6) is -0.528. The van der Waals surface area contributed by atoms with E-state index in [0.29, 0.717) is 4.74 Å². The number of ether oxygens (including phenoxy) is 1. The summed E-state index contributed by atoms with van der Waals surface area (Å²) in [5, 5.41) is 25.9. The molecule has 3 rings (SSSR count). The second kappa shape index (κ2) is 8.59. The van der Waals surface area contributed by atoms with Crippen LogP contribution in [-0.4, -0.2) is 32.8 Å². The number of carbonyl (C=O) groups excluding carboxylic acids is 2. The first-order valence-corrected chi connectivity index (χ1v) is 8.84. The number of hydrogen-bond donors (Lipinski definition) is 4. The van der Waals surface area contributed by atoms with Gasteiger partial charge in [-0.25, -0.2) is 4.74 Å². The Kier molecular flexibility index (Phi) is 5.96. The second-order valence-electron chi connectivity index (χ2n) is 5.19. The Bertz CT molecular complexity index is 1020. The van der Waals surface area contributed by atoms with Gasteiger partial charge in [0.1, 0.15) is 16.5 Å². The van der Waals surface area contributed by atoms with Gasteiger partial charge in [0.25, 0.3) is 17.6 Å². The summed E-state index contributed by atoms with van der Waals surface area (Å²) in [7, 11) is 0. The number of aromatic amines is 1. The van der Waals surface area contributed by atoms with Gasteiger partial charge in [0, 0.05) is 18.5 Å². The number of hydroxylamine groups is 1. The first-order valence-electron chi connectivity index (χ1n) is 7.67. The highest BCUT2D eigenvalue weighted by Crippen LogP contribution is 2.30. The Morgan fingerprint density at radius 1 is 1.25 bits per heavy atom. The number of H-pyrrole nitrogens is 1. The first kappa shape index (κ1) is 19.5. The summed E-state index contributed by atoms with van der Waals surface area (Å²) in [5.41, 5.74) is 0.264. The van der Waals surface area contributed by atoms with Gasteiger partial charge in [-0.2, -0.15) is 10.1 Å². The highest BCUT2D eigenvalue weighted by Gasteiger charge is 2.22. The van der Waals surface area contributed by atoms with E-state index in [4.69, 9.17) is 16.3 Å². The fourth-order valence-corrected chi connectivity index (χ4v) is 2.63. The predicted molar refractivity (Wildman–Crippen MR) is 105 cm³/mol. The van der Waals surface area contributed by atoms with E-state index in [1.54, 1.807) is 24.3 Å². The minimum absolute atomic E-state index is 0.0647. The summed E-state index contributed by atoms with van der Waals surface area (Å²) in [6.07, 6.45) is 4.41. The Balaban J connectivity index is 1.68. The van der Waals surface area contributed by atoms with E-state index in [1.807, 2.05) is 0 Å². The van der Waals surface area contributed by atoms with E-state index in [-0.39, 0.29) is 32.6 Å². The van der Waals surface area contributed by atoms with Crippen molar-refractivity contribution in [1.82, 2.24) is 20.8 Å². The van der Waals surface area contributed by atoms with E-state index in [9.17, 15) is 14.8 Å². The van der Waals surface area contributed by atoms with Crippen LogP contribution in [-0.2, 0) is 0 Å². The van der Waals surface area contributed by atoms with Crippen LogP contribution in [0.25, 0.3) is 0 Å². The topological polar surface area (TPSA) is 134 Å². The van der Waals surface area contributed by atoms with Crippen LogP contribution in [0.4, 0.5) is 10.6 Å². The zero-order chi connectivity index (χ0) is 20.1. The van der Waals surface area contributed by atoms with Crippen LogP contribution in [0.15, 0.2) is 53.4 Å². The van der Waals surface area contributed by atoms with Gasteiger partial charge < -0.3 is 20.6 Å². The molecule has 1 aromatic carbocycles. The molecular weight excluding hydrogens is 456 g/mol. The number of hydrogen-bond acceptors (Lipinski definition) is 6. The van der Waals surface area contributed by atoms with Crippen LogP contribution < -0.4 is 20.7 Å². The normalized spacial score (nSPS) is 12.9. The molecule has 28 heavy (non-hydrogen) atoms. The smallest absolute Gasteiger partial charge is 0.511 e. The molecule has 0 fully saturated rings. The Morgan fingerprint density at radius 3 is 2.82 bits per heavy atom. The Hall–Kier alpha value is -3.31. The zero-order valence-electron chi connectivity index (χ0n) is 13.9. The van der Waals surface area contributed by atoms with Crippen LogP contribution in [0.5, 0.6) is 5.88 Å². The van der Waals surface area contributed by atoms with Crippen molar-refractivity contribution in [3.8, 4) is 5.88 Å². The van der Waals surface area contributed by atoms with Crippen molar-refractivity contribution < 1.29 is 19.1 Å². The molecule has 2 aromatic rings. The molecule has 1 aliphatic rings. The average Bonchev–Trinajstić information content (AvgIpc) is 2.86. The minimum atomic E-state index is -0.952. The van der Waals surface area contributed by atoms with Crippen molar-refractivity contribution in [3.63, 3.8) is 0 Å². The number of rotatable bonds is 3. The first-order chi connectivity index (χ1) is 13.5. The molecule has 0 atom stereocenters.